The van der Waals surface area contributed by atoms with Gasteiger partial charge in [-0.1, -0.05) is 158 Å². The van der Waals surface area contributed by atoms with E-state index >= 15 is 0 Å². The van der Waals surface area contributed by atoms with Gasteiger partial charge in [-0.05, 0) is 63.7 Å². The summed E-state index contributed by atoms with van der Waals surface area (Å²) in [5.41, 5.74) is 12.8. The zero-order chi connectivity index (χ0) is 37.0. The summed E-state index contributed by atoms with van der Waals surface area (Å²) in [4.78, 5) is 15.3. The first-order valence-electron chi connectivity index (χ1n) is 18.7. The summed E-state index contributed by atoms with van der Waals surface area (Å²) in [7, 11) is 0. The van der Waals surface area contributed by atoms with Crippen LogP contribution in [0.5, 0.6) is 0 Å². The third kappa shape index (κ3) is 5.53. The van der Waals surface area contributed by atoms with Crippen LogP contribution in [0.3, 0.4) is 0 Å². The molecular weight excluding hydrogens is 687 g/mol. The van der Waals surface area contributed by atoms with Crippen molar-refractivity contribution in [3.63, 3.8) is 0 Å². The zero-order valence-electron chi connectivity index (χ0n) is 30.1. The van der Waals surface area contributed by atoms with Crippen molar-refractivity contribution in [1.82, 2.24) is 15.0 Å². The number of nitrogens with zero attached hydrogens (tertiary/aromatic N) is 3. The molecule has 3 heterocycles. The number of furan rings is 2. The van der Waals surface area contributed by atoms with Crippen LogP contribution < -0.4 is 0 Å². The molecule has 5 heteroatoms. The van der Waals surface area contributed by atoms with Gasteiger partial charge < -0.3 is 8.83 Å². The van der Waals surface area contributed by atoms with Gasteiger partial charge in [0.25, 0.3) is 0 Å². The summed E-state index contributed by atoms with van der Waals surface area (Å²) in [5.74, 6) is 1.85. The third-order valence-corrected chi connectivity index (χ3v) is 10.6. The second kappa shape index (κ2) is 13.0. The van der Waals surface area contributed by atoms with Gasteiger partial charge in [-0.3, -0.25) is 0 Å². The maximum atomic E-state index is 6.34. The molecule has 0 bridgehead atoms. The van der Waals surface area contributed by atoms with E-state index in [1.54, 1.807) is 0 Å². The van der Waals surface area contributed by atoms with E-state index in [-0.39, 0.29) is 0 Å². The minimum atomic E-state index is 0.609. The van der Waals surface area contributed by atoms with Crippen molar-refractivity contribution in [3.05, 3.63) is 188 Å². The largest absolute Gasteiger partial charge is 0.456 e. The number of hydrogen-bond acceptors (Lipinski definition) is 5. The lowest BCUT2D eigenvalue weighted by Gasteiger charge is -2.12. The summed E-state index contributed by atoms with van der Waals surface area (Å²) >= 11 is 0. The first kappa shape index (κ1) is 31.9. The Morgan fingerprint density at radius 1 is 0.250 bits per heavy atom. The van der Waals surface area contributed by atoms with Crippen LogP contribution in [0.1, 0.15) is 0 Å². The Labute approximate surface area is 322 Å². The molecule has 262 valence electrons. The predicted octanol–water partition coefficient (Wildman–Crippen LogP) is 13.7. The average Bonchev–Trinajstić information content (AvgIpc) is 3.83. The Kier molecular flexibility index (Phi) is 7.42. The van der Waals surface area contributed by atoms with Crippen LogP contribution in [0.15, 0.2) is 197 Å². The van der Waals surface area contributed by atoms with Crippen LogP contribution in [0.4, 0.5) is 0 Å². The summed E-state index contributed by atoms with van der Waals surface area (Å²) in [6.45, 7) is 0. The zero-order valence-corrected chi connectivity index (χ0v) is 30.1. The Balaban J connectivity index is 0.994. The number of benzene rings is 8. The Hall–Kier alpha value is -7.63. The molecule has 0 aliphatic rings. The fraction of sp³-hybridized carbons (Fsp3) is 0. The molecule has 0 radical (unpaired) electrons. The number of para-hydroxylation sites is 1. The van der Waals surface area contributed by atoms with Crippen molar-refractivity contribution in [2.75, 3.05) is 0 Å². The van der Waals surface area contributed by atoms with Crippen LogP contribution in [-0.4, -0.2) is 15.0 Å². The van der Waals surface area contributed by atoms with Gasteiger partial charge in [0, 0.05) is 38.2 Å². The first-order valence-corrected chi connectivity index (χ1v) is 18.7. The lowest BCUT2D eigenvalue weighted by atomic mass is 9.99. The molecular formula is C51H31N3O2. The Morgan fingerprint density at radius 2 is 0.679 bits per heavy atom. The van der Waals surface area contributed by atoms with Gasteiger partial charge in [0.05, 0.1) is 0 Å². The molecule has 0 spiro atoms. The molecule has 0 aliphatic heterocycles. The topological polar surface area (TPSA) is 65.0 Å². The van der Waals surface area contributed by atoms with Crippen molar-refractivity contribution in [3.8, 4) is 67.5 Å². The molecule has 0 unspecified atom stereocenters. The highest BCUT2D eigenvalue weighted by atomic mass is 16.3. The lowest BCUT2D eigenvalue weighted by Crippen LogP contribution is -2.01. The number of rotatable bonds is 6. The molecule has 56 heavy (non-hydrogen) atoms. The molecule has 8 aromatic carbocycles. The molecule has 5 nitrogen and oxygen atoms in total. The maximum absolute atomic E-state index is 6.34. The summed E-state index contributed by atoms with van der Waals surface area (Å²) in [6.07, 6.45) is 0. The molecule has 11 aromatic rings. The minimum Gasteiger partial charge on any atom is -0.456 e. The van der Waals surface area contributed by atoms with E-state index < -0.39 is 0 Å². The van der Waals surface area contributed by atoms with E-state index in [0.29, 0.717) is 17.5 Å². The van der Waals surface area contributed by atoms with Crippen molar-refractivity contribution in [2.45, 2.75) is 0 Å². The summed E-state index contributed by atoms with van der Waals surface area (Å²) < 4.78 is 12.6. The third-order valence-electron chi connectivity index (χ3n) is 10.6. The van der Waals surface area contributed by atoms with Crippen LogP contribution in [0, 0.1) is 0 Å². The fourth-order valence-corrected chi connectivity index (χ4v) is 7.73. The van der Waals surface area contributed by atoms with Crippen molar-refractivity contribution >= 4 is 43.9 Å². The average molecular weight is 718 g/mol. The van der Waals surface area contributed by atoms with Crippen LogP contribution in [-0.2, 0) is 0 Å². The Morgan fingerprint density at radius 3 is 1.34 bits per heavy atom. The Bertz CT molecular complexity index is 3220. The van der Waals surface area contributed by atoms with Gasteiger partial charge in [0.15, 0.2) is 17.5 Å². The molecule has 0 atom stereocenters. The second-order valence-electron chi connectivity index (χ2n) is 14.0. The second-order valence-corrected chi connectivity index (χ2v) is 14.0. The van der Waals surface area contributed by atoms with Crippen molar-refractivity contribution in [2.24, 2.45) is 0 Å². The van der Waals surface area contributed by atoms with Gasteiger partial charge >= 0.3 is 0 Å². The molecule has 0 saturated heterocycles. The molecule has 0 amide bonds. The highest BCUT2D eigenvalue weighted by Crippen LogP contribution is 2.39. The predicted molar refractivity (Wildman–Crippen MR) is 227 cm³/mol. The molecule has 0 aliphatic carbocycles. The fourth-order valence-electron chi connectivity index (χ4n) is 7.73. The lowest BCUT2D eigenvalue weighted by molar-refractivity contribution is 0.664. The number of fused-ring (bicyclic) bond motifs is 6. The molecule has 0 saturated carbocycles. The normalized spacial score (nSPS) is 11.6. The monoisotopic (exact) mass is 717 g/mol. The van der Waals surface area contributed by atoms with E-state index in [9.17, 15) is 0 Å². The minimum absolute atomic E-state index is 0.609. The number of hydrogen-bond donors (Lipinski definition) is 0. The van der Waals surface area contributed by atoms with Crippen molar-refractivity contribution < 1.29 is 8.83 Å². The quantitative estimate of drug-likeness (QED) is 0.171. The van der Waals surface area contributed by atoms with Gasteiger partial charge in [-0.15, -0.1) is 0 Å². The van der Waals surface area contributed by atoms with Crippen LogP contribution >= 0.6 is 0 Å². The molecule has 0 fully saturated rings. The first-order chi connectivity index (χ1) is 27.7. The highest BCUT2D eigenvalue weighted by Gasteiger charge is 2.17. The van der Waals surface area contributed by atoms with Gasteiger partial charge in [0.2, 0.25) is 0 Å². The van der Waals surface area contributed by atoms with E-state index in [4.69, 9.17) is 23.8 Å². The van der Waals surface area contributed by atoms with Crippen LogP contribution in [0.25, 0.3) is 111 Å². The van der Waals surface area contributed by atoms with E-state index in [1.807, 2.05) is 36.4 Å². The van der Waals surface area contributed by atoms with Gasteiger partial charge in [0.1, 0.15) is 22.3 Å². The molecule has 3 aromatic heterocycles. The molecule has 11 rings (SSSR count). The summed E-state index contributed by atoms with van der Waals surface area (Å²) in [5, 5.41) is 4.22. The van der Waals surface area contributed by atoms with Gasteiger partial charge in [-0.25, -0.2) is 15.0 Å². The smallest absolute Gasteiger partial charge is 0.164 e. The SMILES string of the molecule is c1ccc(-c2ccc(-c3nc(-c4ccc(-c5ccc6oc7cc8c(cc7c6c5)oc5ccccc58)cc4)nc(-c4ccccc4-c4ccccc4)n3)cc2)cc1. The summed E-state index contributed by atoms with van der Waals surface area (Å²) in [6, 6.07) is 64.6. The van der Waals surface area contributed by atoms with Crippen molar-refractivity contribution in [1.29, 1.82) is 0 Å². The molecule has 0 N–H and O–H groups in total. The van der Waals surface area contributed by atoms with Crippen LogP contribution in [0.2, 0.25) is 0 Å². The number of aromatic nitrogens is 3. The standard InChI is InChI=1S/C51H31N3O2/c1-3-11-32(12-4-1)33-19-23-36(24-20-33)49-52-50(54-51(53-49)41-17-8-7-15-39(41)35-13-5-2-6-14-35)37-25-21-34(22-26-37)38-27-28-46-42(29-38)44-31-47-43(30-48(44)56-46)40-16-9-10-18-45(40)55-47/h1-31H. The maximum Gasteiger partial charge on any atom is 0.164 e. The van der Waals surface area contributed by atoms with E-state index in [2.05, 4.69) is 152 Å². The van der Waals surface area contributed by atoms with E-state index in [0.717, 1.165) is 93.9 Å². The van der Waals surface area contributed by atoms with E-state index in [1.165, 1.54) is 0 Å². The highest BCUT2D eigenvalue weighted by molar-refractivity contribution is 6.15. The van der Waals surface area contributed by atoms with Gasteiger partial charge in [-0.2, -0.15) is 0 Å².